The summed E-state index contributed by atoms with van der Waals surface area (Å²) in [4.78, 5) is 37.0. The topological polar surface area (TPSA) is 108 Å². The van der Waals surface area contributed by atoms with Crippen molar-refractivity contribution in [3.05, 3.63) is 36.0 Å². The van der Waals surface area contributed by atoms with Gasteiger partial charge in [0.25, 0.3) is 0 Å². The van der Waals surface area contributed by atoms with E-state index >= 15 is 0 Å². The molecule has 1 heterocycles. The van der Waals surface area contributed by atoms with Gasteiger partial charge in [0.1, 0.15) is 6.10 Å². The Morgan fingerprint density at radius 3 is 2.42 bits per heavy atom. The molecule has 1 unspecified atom stereocenters. The van der Waals surface area contributed by atoms with Crippen LogP contribution in [0.1, 0.15) is 86.5 Å². The fraction of sp³-hybridized carbons (Fsp3) is 0.700. The normalized spacial score (nSPS) is 36.4. The predicted molar refractivity (Wildman–Crippen MR) is 141 cm³/mol. The minimum Gasteiger partial charge on any atom is -0.458 e. The van der Waals surface area contributed by atoms with Gasteiger partial charge in [-0.3, -0.25) is 19.1 Å². The maximum Gasteiger partial charge on any atom is 0.306 e. The van der Waals surface area contributed by atoms with Gasteiger partial charge in [-0.15, -0.1) is 0 Å². The first-order valence-electron chi connectivity index (χ1n) is 13.8. The molecule has 8 atom stereocenters. The molecule has 1 spiro atoms. The summed E-state index contributed by atoms with van der Waals surface area (Å²) in [5.74, 6) is -1.67. The molecule has 1 aliphatic heterocycles. The molecule has 8 heteroatoms. The van der Waals surface area contributed by atoms with Gasteiger partial charge in [-0.25, -0.2) is 0 Å². The average molecular weight is 533 g/mol. The summed E-state index contributed by atoms with van der Waals surface area (Å²) in [5, 5.41) is 11.7. The lowest BCUT2D eigenvalue weighted by Crippen LogP contribution is -2.63. The predicted octanol–water partition coefficient (Wildman–Crippen LogP) is 5.15. The molecular weight excluding hydrogens is 488 g/mol. The van der Waals surface area contributed by atoms with Crippen molar-refractivity contribution in [2.45, 2.75) is 111 Å². The lowest BCUT2D eigenvalue weighted by molar-refractivity contribution is -0.254. The van der Waals surface area contributed by atoms with E-state index in [2.05, 4.69) is 33.4 Å². The first-order valence-corrected chi connectivity index (χ1v) is 13.8. The van der Waals surface area contributed by atoms with E-state index in [4.69, 9.17) is 18.9 Å². The number of hydrogen-bond acceptors (Lipinski definition) is 8. The standard InChI is InChI=1S/C30H44O8/c1-8-10-11-12-26(34)37-22-16-23-27(35-20(5)31)38-28(36-21(6)32)30(23)24(17-22)29(7,14-13-18(3)9-2)19(4)15-25(30)33/h9,13,16,19,22,24-25,27-28,33H,2,8,10-12,14-15,17H2,1,3-7H3/b18-13-/t19-,22-,24+,25+,27+,28-,29-,30?/m1/s1. The Morgan fingerprint density at radius 2 is 1.82 bits per heavy atom. The number of aliphatic hydroxyl groups excluding tert-OH is 1. The zero-order chi connectivity index (χ0) is 28.3. The van der Waals surface area contributed by atoms with Gasteiger partial charge < -0.3 is 19.3 Å². The number of ether oxygens (including phenoxy) is 4. The van der Waals surface area contributed by atoms with E-state index in [-0.39, 0.29) is 17.8 Å². The van der Waals surface area contributed by atoms with Crippen LogP contribution in [0.2, 0.25) is 0 Å². The van der Waals surface area contributed by atoms with Crippen molar-refractivity contribution >= 4 is 17.9 Å². The zero-order valence-corrected chi connectivity index (χ0v) is 23.7. The molecule has 2 aliphatic carbocycles. The average Bonchev–Trinajstić information content (AvgIpc) is 3.13. The number of carbonyl (C=O) groups is 3. The highest BCUT2D eigenvalue weighted by atomic mass is 16.8. The van der Waals surface area contributed by atoms with Crippen LogP contribution in [0.15, 0.2) is 36.0 Å². The number of aliphatic hydroxyl groups is 1. The molecule has 212 valence electrons. The number of hydrogen-bond donors (Lipinski definition) is 1. The van der Waals surface area contributed by atoms with Gasteiger partial charge in [-0.2, -0.15) is 0 Å². The smallest absolute Gasteiger partial charge is 0.306 e. The highest BCUT2D eigenvalue weighted by Crippen LogP contribution is 2.67. The highest BCUT2D eigenvalue weighted by molar-refractivity contribution is 5.70. The molecule has 1 N–H and O–H groups in total. The molecule has 0 aromatic carbocycles. The fourth-order valence-electron chi connectivity index (χ4n) is 6.62. The molecule has 2 fully saturated rings. The summed E-state index contributed by atoms with van der Waals surface area (Å²) in [7, 11) is 0. The second-order valence-electron chi connectivity index (χ2n) is 11.4. The third kappa shape index (κ3) is 5.76. The summed E-state index contributed by atoms with van der Waals surface area (Å²) in [6.07, 6.45) is 6.32. The van der Waals surface area contributed by atoms with Gasteiger partial charge >= 0.3 is 17.9 Å². The van der Waals surface area contributed by atoms with Crippen LogP contribution in [-0.4, -0.2) is 47.8 Å². The van der Waals surface area contributed by atoms with Crippen LogP contribution in [-0.2, 0) is 33.3 Å². The first kappa shape index (κ1) is 30.1. The van der Waals surface area contributed by atoms with Crippen molar-refractivity contribution in [3.63, 3.8) is 0 Å². The Bertz CT molecular complexity index is 983. The van der Waals surface area contributed by atoms with Crippen molar-refractivity contribution < 1.29 is 38.4 Å². The van der Waals surface area contributed by atoms with Crippen molar-refractivity contribution in [3.8, 4) is 0 Å². The van der Waals surface area contributed by atoms with E-state index in [0.717, 1.165) is 24.8 Å². The Labute approximate surface area is 226 Å². The molecule has 8 nitrogen and oxygen atoms in total. The Kier molecular flexibility index (Phi) is 9.63. The van der Waals surface area contributed by atoms with E-state index in [9.17, 15) is 19.5 Å². The Morgan fingerprint density at radius 1 is 1.13 bits per heavy atom. The molecule has 0 bridgehead atoms. The number of allylic oxidation sites excluding steroid dienone is 3. The molecule has 3 rings (SSSR count). The first-order chi connectivity index (χ1) is 17.9. The minimum atomic E-state index is -1.17. The van der Waals surface area contributed by atoms with Crippen LogP contribution in [0.25, 0.3) is 0 Å². The van der Waals surface area contributed by atoms with Gasteiger partial charge in [0.15, 0.2) is 0 Å². The third-order valence-electron chi connectivity index (χ3n) is 8.85. The van der Waals surface area contributed by atoms with E-state index in [1.165, 1.54) is 13.8 Å². The van der Waals surface area contributed by atoms with E-state index in [0.29, 0.717) is 31.3 Å². The Balaban J connectivity index is 2.14. The number of unbranched alkanes of at least 4 members (excludes halogenated alkanes) is 2. The van der Waals surface area contributed by atoms with E-state index < -0.39 is 47.6 Å². The molecule has 1 saturated heterocycles. The monoisotopic (exact) mass is 532 g/mol. The third-order valence-corrected chi connectivity index (χ3v) is 8.85. The van der Waals surface area contributed by atoms with Gasteiger partial charge in [-0.1, -0.05) is 57.9 Å². The lowest BCUT2D eigenvalue weighted by Gasteiger charge is -2.60. The van der Waals surface area contributed by atoms with Crippen molar-refractivity contribution in [2.75, 3.05) is 0 Å². The summed E-state index contributed by atoms with van der Waals surface area (Å²) in [5.41, 5.74) is -0.0331. The second-order valence-corrected chi connectivity index (χ2v) is 11.4. The summed E-state index contributed by atoms with van der Waals surface area (Å²) in [6, 6.07) is 0. The zero-order valence-electron chi connectivity index (χ0n) is 23.7. The van der Waals surface area contributed by atoms with Crippen LogP contribution < -0.4 is 0 Å². The van der Waals surface area contributed by atoms with Crippen molar-refractivity contribution in [1.82, 2.24) is 0 Å². The van der Waals surface area contributed by atoms with Crippen LogP contribution in [0.3, 0.4) is 0 Å². The number of carbonyl (C=O) groups excluding carboxylic acids is 3. The summed E-state index contributed by atoms with van der Waals surface area (Å²) < 4.78 is 23.2. The van der Waals surface area contributed by atoms with Crippen LogP contribution >= 0.6 is 0 Å². The minimum absolute atomic E-state index is 0.0769. The fourth-order valence-corrected chi connectivity index (χ4v) is 6.62. The van der Waals surface area contributed by atoms with Crippen LogP contribution in [0.5, 0.6) is 0 Å². The molecule has 1 saturated carbocycles. The van der Waals surface area contributed by atoms with Crippen LogP contribution in [0.4, 0.5) is 0 Å². The molecule has 0 aromatic rings. The molecule has 38 heavy (non-hydrogen) atoms. The van der Waals surface area contributed by atoms with Crippen LogP contribution in [0, 0.1) is 22.7 Å². The largest absolute Gasteiger partial charge is 0.458 e. The number of esters is 3. The highest BCUT2D eigenvalue weighted by Gasteiger charge is 2.71. The quantitative estimate of drug-likeness (QED) is 0.135. The van der Waals surface area contributed by atoms with Crippen molar-refractivity contribution in [1.29, 1.82) is 0 Å². The maximum atomic E-state index is 12.7. The molecule has 0 aromatic heterocycles. The molecule has 0 amide bonds. The van der Waals surface area contributed by atoms with Crippen molar-refractivity contribution in [2.24, 2.45) is 22.7 Å². The summed E-state index contributed by atoms with van der Waals surface area (Å²) >= 11 is 0. The molecular formula is C30H44O8. The van der Waals surface area contributed by atoms with E-state index in [1.807, 2.05) is 6.92 Å². The molecule has 3 aliphatic rings. The van der Waals surface area contributed by atoms with E-state index in [1.54, 1.807) is 12.2 Å². The SMILES string of the molecule is C=C/C(C)=C\C[C@]1(C)[C@H](C)C[C@H](O)C23C(=C[C@@H](OC(=O)CCCCC)C[C@H]21)[C@@H](OC(C)=O)O[C@H]3OC(C)=O. The molecule has 0 radical (unpaired) electrons. The van der Waals surface area contributed by atoms with Gasteiger partial charge in [0.2, 0.25) is 12.6 Å². The van der Waals surface area contributed by atoms with Gasteiger partial charge in [0.05, 0.1) is 11.5 Å². The lowest BCUT2D eigenvalue weighted by atomic mass is 9.45. The summed E-state index contributed by atoms with van der Waals surface area (Å²) in [6.45, 7) is 14.8. The second kappa shape index (κ2) is 12.2. The number of rotatable bonds is 10. The Hall–Kier alpha value is -2.45. The van der Waals surface area contributed by atoms with Gasteiger partial charge in [0, 0.05) is 25.8 Å². The maximum absolute atomic E-state index is 12.7. The van der Waals surface area contributed by atoms with Gasteiger partial charge in [-0.05, 0) is 55.9 Å².